The van der Waals surface area contributed by atoms with Crippen molar-refractivity contribution in [3.63, 3.8) is 0 Å². The molecule has 0 atom stereocenters. The zero-order valence-electron chi connectivity index (χ0n) is 20.7. The van der Waals surface area contributed by atoms with E-state index in [9.17, 15) is 39.0 Å². The van der Waals surface area contributed by atoms with Crippen molar-refractivity contribution in [1.29, 1.82) is 0 Å². The molecule has 0 saturated carbocycles. The van der Waals surface area contributed by atoms with Gasteiger partial charge < -0.3 is 14.8 Å². The van der Waals surface area contributed by atoms with Crippen LogP contribution in [0.2, 0.25) is 5.02 Å². The maximum Gasteiger partial charge on any atom is 0.318 e. The maximum atomic E-state index is 13.3. The molecule has 0 aromatic heterocycles. The summed E-state index contributed by atoms with van der Waals surface area (Å²) in [5.41, 5.74) is -0.552. The highest BCUT2D eigenvalue weighted by Crippen LogP contribution is 2.39. The Balaban J connectivity index is 1.50. The Morgan fingerprint density at radius 3 is 2.44 bits per heavy atom. The topological polar surface area (TPSA) is 171 Å². The van der Waals surface area contributed by atoms with E-state index < -0.39 is 50.6 Å². The normalized spacial score (nSPS) is 13.8. The first kappa shape index (κ1) is 29.0. The van der Waals surface area contributed by atoms with E-state index in [-0.39, 0.29) is 32.9 Å². The van der Waals surface area contributed by atoms with Crippen LogP contribution < -0.4 is 14.8 Å². The SMILES string of the molecule is COc1cc(/C=C2/SC(=O)N(CC(=O)Nc3ccc(F)c(Cl)c3)C2=O)ccc1Oc1ccc([N+](=O)[O-])cc1[N+](=O)[O-]. The number of carbonyl (C=O) groups is 3. The molecule has 0 spiro atoms. The summed E-state index contributed by atoms with van der Waals surface area (Å²) in [5.74, 6) is -2.25. The minimum atomic E-state index is -0.825. The predicted molar refractivity (Wildman–Crippen MR) is 146 cm³/mol. The minimum absolute atomic E-state index is 0.00866. The van der Waals surface area contributed by atoms with Gasteiger partial charge in [0.1, 0.15) is 12.4 Å². The smallest absolute Gasteiger partial charge is 0.318 e. The van der Waals surface area contributed by atoms with E-state index in [0.29, 0.717) is 17.3 Å². The van der Waals surface area contributed by atoms with Crippen molar-refractivity contribution in [3.8, 4) is 17.2 Å². The summed E-state index contributed by atoms with van der Waals surface area (Å²) in [6, 6.07) is 10.7. The maximum absolute atomic E-state index is 13.3. The van der Waals surface area contributed by atoms with Gasteiger partial charge in [0.15, 0.2) is 11.5 Å². The highest BCUT2D eigenvalue weighted by atomic mass is 35.5. The molecule has 13 nitrogen and oxygen atoms in total. The number of carbonyl (C=O) groups excluding carboxylic acids is 3. The molecular formula is C25H16ClFN4O9S. The Labute approximate surface area is 238 Å². The lowest BCUT2D eigenvalue weighted by Gasteiger charge is -2.13. The van der Waals surface area contributed by atoms with Crippen LogP contribution in [0.4, 0.5) is 26.2 Å². The van der Waals surface area contributed by atoms with Crippen molar-refractivity contribution in [3.05, 3.63) is 96.1 Å². The van der Waals surface area contributed by atoms with Crippen LogP contribution in [0.25, 0.3) is 6.08 Å². The number of nitro groups is 2. The fourth-order valence-electron chi connectivity index (χ4n) is 3.53. The van der Waals surface area contributed by atoms with Crippen LogP contribution in [0, 0.1) is 26.0 Å². The van der Waals surface area contributed by atoms with Gasteiger partial charge in [-0.15, -0.1) is 0 Å². The molecule has 16 heteroatoms. The molecule has 1 N–H and O–H groups in total. The summed E-state index contributed by atoms with van der Waals surface area (Å²) in [6.45, 7) is -0.596. The van der Waals surface area contributed by atoms with Crippen molar-refractivity contribution in [2.24, 2.45) is 0 Å². The third-order valence-electron chi connectivity index (χ3n) is 5.43. The van der Waals surface area contributed by atoms with Gasteiger partial charge in [0.25, 0.3) is 16.8 Å². The van der Waals surface area contributed by atoms with Crippen LogP contribution in [0.1, 0.15) is 5.56 Å². The molecule has 0 aliphatic carbocycles. The average Bonchev–Trinajstić information content (AvgIpc) is 3.18. The van der Waals surface area contributed by atoms with Gasteiger partial charge in [0.2, 0.25) is 11.7 Å². The number of anilines is 1. The fraction of sp³-hybridized carbons (Fsp3) is 0.0800. The fourth-order valence-corrected chi connectivity index (χ4v) is 4.55. The number of nitrogens with one attached hydrogen (secondary N) is 1. The quantitative estimate of drug-likeness (QED) is 0.180. The summed E-state index contributed by atoms with van der Waals surface area (Å²) in [5, 5.41) is 23.9. The number of ether oxygens (including phenoxy) is 2. The Kier molecular flexibility index (Phi) is 8.49. The van der Waals surface area contributed by atoms with Crippen LogP contribution >= 0.6 is 23.4 Å². The molecule has 3 aromatic rings. The van der Waals surface area contributed by atoms with Crippen molar-refractivity contribution in [2.45, 2.75) is 0 Å². The second-order valence-corrected chi connectivity index (χ2v) is 9.52. The number of non-ortho nitro benzene ring substituents is 1. The standard InChI is InChI=1S/C25H16ClFN4O9S/c1-39-21-8-13(2-6-20(21)40-19-7-4-15(30(35)36)11-18(19)31(37)38)9-22-24(33)29(25(34)41-22)12-23(32)28-14-3-5-17(27)16(26)10-14/h2-11H,12H2,1H3,(H,28,32)/b22-9+. The van der Waals surface area contributed by atoms with Gasteiger partial charge in [-0.05, 0) is 59.8 Å². The van der Waals surface area contributed by atoms with Gasteiger partial charge in [0, 0.05) is 11.8 Å². The number of nitro benzene ring substituents is 2. The number of hydrogen-bond donors (Lipinski definition) is 1. The average molecular weight is 603 g/mol. The third kappa shape index (κ3) is 6.59. The first-order valence-electron chi connectivity index (χ1n) is 11.3. The van der Waals surface area contributed by atoms with Gasteiger partial charge in [0.05, 0.1) is 33.0 Å². The van der Waals surface area contributed by atoms with Crippen molar-refractivity contribution < 1.29 is 38.1 Å². The Bertz CT molecular complexity index is 1650. The zero-order valence-corrected chi connectivity index (χ0v) is 22.2. The van der Waals surface area contributed by atoms with E-state index in [1.165, 1.54) is 43.5 Å². The van der Waals surface area contributed by atoms with Gasteiger partial charge in [-0.3, -0.25) is 39.5 Å². The first-order chi connectivity index (χ1) is 19.5. The van der Waals surface area contributed by atoms with Gasteiger partial charge in [-0.25, -0.2) is 4.39 Å². The van der Waals surface area contributed by atoms with Crippen LogP contribution in [-0.4, -0.2) is 45.5 Å². The molecule has 4 rings (SSSR count). The summed E-state index contributed by atoms with van der Waals surface area (Å²) < 4.78 is 24.2. The highest BCUT2D eigenvalue weighted by Gasteiger charge is 2.36. The molecule has 1 fully saturated rings. The molecule has 1 aliphatic rings. The molecule has 1 aliphatic heterocycles. The number of halogens is 2. The van der Waals surface area contributed by atoms with Crippen LogP contribution in [0.15, 0.2) is 59.5 Å². The zero-order chi connectivity index (χ0) is 29.8. The van der Waals surface area contributed by atoms with E-state index >= 15 is 0 Å². The Morgan fingerprint density at radius 2 is 1.78 bits per heavy atom. The molecule has 3 amide bonds. The predicted octanol–water partition coefficient (Wildman–Crippen LogP) is 5.77. The lowest BCUT2D eigenvalue weighted by molar-refractivity contribution is -0.394. The molecule has 3 aromatic carbocycles. The van der Waals surface area contributed by atoms with Crippen molar-refractivity contribution in [1.82, 2.24) is 4.90 Å². The molecule has 0 unspecified atom stereocenters. The van der Waals surface area contributed by atoms with Crippen LogP contribution in [0.5, 0.6) is 17.2 Å². The molecular weight excluding hydrogens is 587 g/mol. The summed E-state index contributed by atoms with van der Waals surface area (Å²) >= 11 is 6.30. The number of hydrogen-bond acceptors (Lipinski definition) is 10. The number of amides is 3. The molecule has 41 heavy (non-hydrogen) atoms. The van der Waals surface area contributed by atoms with Crippen molar-refractivity contribution >= 4 is 63.6 Å². The third-order valence-corrected chi connectivity index (χ3v) is 6.63. The van der Waals surface area contributed by atoms with Crippen LogP contribution in [0.3, 0.4) is 0 Å². The Morgan fingerprint density at radius 1 is 1.05 bits per heavy atom. The number of nitrogens with zero attached hydrogens (tertiary/aromatic N) is 3. The second kappa shape index (κ2) is 12.0. The van der Waals surface area contributed by atoms with Crippen molar-refractivity contribution in [2.75, 3.05) is 19.0 Å². The number of methoxy groups -OCH3 is 1. The minimum Gasteiger partial charge on any atom is -0.493 e. The van der Waals surface area contributed by atoms with E-state index in [2.05, 4.69) is 5.32 Å². The van der Waals surface area contributed by atoms with Gasteiger partial charge >= 0.3 is 5.69 Å². The molecule has 1 saturated heterocycles. The van der Waals surface area contributed by atoms with Gasteiger partial charge in [-0.1, -0.05) is 17.7 Å². The summed E-state index contributed by atoms with van der Waals surface area (Å²) in [6.07, 6.45) is 1.38. The number of rotatable bonds is 9. The van der Waals surface area contributed by atoms with Crippen LogP contribution in [-0.2, 0) is 9.59 Å². The first-order valence-corrected chi connectivity index (χ1v) is 12.4. The molecule has 1 heterocycles. The largest absolute Gasteiger partial charge is 0.493 e. The number of thioether (sulfide) groups is 1. The lowest BCUT2D eigenvalue weighted by Crippen LogP contribution is -2.36. The number of benzene rings is 3. The molecule has 210 valence electrons. The summed E-state index contributed by atoms with van der Waals surface area (Å²) in [4.78, 5) is 59.2. The highest BCUT2D eigenvalue weighted by molar-refractivity contribution is 8.18. The monoisotopic (exact) mass is 602 g/mol. The molecule has 0 radical (unpaired) electrons. The van der Waals surface area contributed by atoms with E-state index in [0.717, 1.165) is 29.2 Å². The van der Waals surface area contributed by atoms with Gasteiger partial charge in [-0.2, -0.15) is 0 Å². The van der Waals surface area contributed by atoms with E-state index in [4.69, 9.17) is 21.1 Å². The number of imide groups is 1. The Hall–Kier alpha value is -5.02. The van der Waals surface area contributed by atoms with E-state index in [1.54, 1.807) is 0 Å². The molecule has 0 bridgehead atoms. The summed E-state index contributed by atoms with van der Waals surface area (Å²) in [7, 11) is 1.30. The van der Waals surface area contributed by atoms with E-state index in [1.807, 2.05) is 0 Å². The second-order valence-electron chi connectivity index (χ2n) is 8.12. The lowest BCUT2D eigenvalue weighted by atomic mass is 10.1.